The van der Waals surface area contributed by atoms with Crippen LogP contribution in [0.25, 0.3) is 0 Å². The van der Waals surface area contributed by atoms with Gasteiger partial charge in [-0.05, 0) is 46.2 Å². The fourth-order valence-electron chi connectivity index (χ4n) is 2.66. The standard InChI is InChI=1S/C14H24N4/c1-4-18(3)13-7-5-12(6-8-13)17-14-9-11(2)15-10-16-14/h9-10,12-13H,4-8H2,1-3H3,(H,15,16,17). The fraction of sp³-hybridized carbons (Fsp3) is 0.714. The highest BCUT2D eigenvalue weighted by molar-refractivity contribution is 5.35. The summed E-state index contributed by atoms with van der Waals surface area (Å²) in [6.07, 6.45) is 6.67. The summed E-state index contributed by atoms with van der Waals surface area (Å²) in [6.45, 7) is 5.38. The second-order valence-electron chi connectivity index (χ2n) is 5.27. The Hall–Kier alpha value is -1.16. The van der Waals surface area contributed by atoms with Gasteiger partial charge in [-0.1, -0.05) is 6.92 Å². The lowest BCUT2D eigenvalue weighted by atomic mass is 9.90. The van der Waals surface area contributed by atoms with E-state index in [4.69, 9.17) is 0 Å². The molecule has 0 radical (unpaired) electrons. The van der Waals surface area contributed by atoms with Gasteiger partial charge < -0.3 is 10.2 Å². The molecule has 18 heavy (non-hydrogen) atoms. The van der Waals surface area contributed by atoms with Crippen molar-refractivity contribution in [3.05, 3.63) is 18.1 Å². The van der Waals surface area contributed by atoms with Crippen molar-refractivity contribution in [2.24, 2.45) is 0 Å². The van der Waals surface area contributed by atoms with Gasteiger partial charge in [0.05, 0.1) is 0 Å². The van der Waals surface area contributed by atoms with Gasteiger partial charge in [0.25, 0.3) is 0 Å². The second kappa shape index (κ2) is 6.14. The lowest BCUT2D eigenvalue weighted by molar-refractivity contribution is 0.194. The van der Waals surface area contributed by atoms with E-state index in [2.05, 4.69) is 34.2 Å². The first-order chi connectivity index (χ1) is 8.69. The van der Waals surface area contributed by atoms with Gasteiger partial charge in [0.1, 0.15) is 12.1 Å². The Morgan fingerprint density at radius 1 is 1.28 bits per heavy atom. The number of rotatable bonds is 4. The van der Waals surface area contributed by atoms with Crippen molar-refractivity contribution in [2.45, 2.75) is 51.6 Å². The van der Waals surface area contributed by atoms with Crippen molar-refractivity contribution in [1.29, 1.82) is 0 Å². The molecule has 4 nitrogen and oxygen atoms in total. The molecule has 1 aromatic rings. The molecule has 1 fully saturated rings. The maximum absolute atomic E-state index is 4.27. The van der Waals surface area contributed by atoms with E-state index in [-0.39, 0.29) is 0 Å². The highest BCUT2D eigenvalue weighted by Gasteiger charge is 2.23. The molecule has 1 aromatic heterocycles. The van der Waals surface area contributed by atoms with E-state index < -0.39 is 0 Å². The Morgan fingerprint density at radius 3 is 2.61 bits per heavy atom. The predicted octanol–water partition coefficient (Wildman–Crippen LogP) is 2.46. The van der Waals surface area contributed by atoms with E-state index in [0.29, 0.717) is 6.04 Å². The molecular weight excluding hydrogens is 224 g/mol. The molecule has 0 aromatic carbocycles. The monoisotopic (exact) mass is 248 g/mol. The molecule has 0 aliphatic heterocycles. The third-order valence-electron chi connectivity index (χ3n) is 3.97. The molecule has 100 valence electrons. The van der Waals surface area contributed by atoms with Crippen LogP contribution >= 0.6 is 0 Å². The summed E-state index contributed by atoms with van der Waals surface area (Å²) >= 11 is 0. The second-order valence-corrected chi connectivity index (χ2v) is 5.27. The molecule has 1 aliphatic carbocycles. The Balaban J connectivity index is 1.83. The summed E-state index contributed by atoms with van der Waals surface area (Å²) in [6, 6.07) is 3.35. The van der Waals surface area contributed by atoms with Crippen molar-refractivity contribution >= 4 is 5.82 Å². The molecule has 0 saturated heterocycles. The summed E-state index contributed by atoms with van der Waals surface area (Å²) < 4.78 is 0. The molecule has 2 rings (SSSR count). The van der Waals surface area contributed by atoms with Crippen LogP contribution in [0.5, 0.6) is 0 Å². The highest BCUT2D eigenvalue weighted by Crippen LogP contribution is 2.24. The van der Waals surface area contributed by atoms with Crippen LogP contribution in [0.1, 0.15) is 38.3 Å². The van der Waals surface area contributed by atoms with Crippen LogP contribution in [-0.4, -0.2) is 40.5 Å². The predicted molar refractivity (Wildman–Crippen MR) is 74.7 cm³/mol. The topological polar surface area (TPSA) is 41.0 Å². The van der Waals surface area contributed by atoms with E-state index in [1.165, 1.54) is 25.7 Å². The zero-order valence-corrected chi connectivity index (χ0v) is 11.7. The first kappa shape index (κ1) is 13.3. The van der Waals surface area contributed by atoms with Crippen molar-refractivity contribution in [3.8, 4) is 0 Å². The van der Waals surface area contributed by atoms with Crippen molar-refractivity contribution in [2.75, 3.05) is 18.9 Å². The molecular formula is C14H24N4. The van der Waals surface area contributed by atoms with Crippen LogP contribution in [0.15, 0.2) is 12.4 Å². The number of nitrogens with one attached hydrogen (secondary N) is 1. The van der Waals surface area contributed by atoms with E-state index in [1.807, 2.05) is 13.0 Å². The fourth-order valence-corrected chi connectivity index (χ4v) is 2.66. The van der Waals surface area contributed by atoms with Gasteiger partial charge in [-0.25, -0.2) is 9.97 Å². The van der Waals surface area contributed by atoms with E-state index >= 15 is 0 Å². The molecule has 1 heterocycles. The van der Waals surface area contributed by atoms with Gasteiger partial charge in [0.2, 0.25) is 0 Å². The Kier molecular flexibility index (Phi) is 4.53. The van der Waals surface area contributed by atoms with E-state index in [1.54, 1.807) is 6.33 Å². The van der Waals surface area contributed by atoms with Crippen molar-refractivity contribution < 1.29 is 0 Å². The van der Waals surface area contributed by atoms with Crippen LogP contribution in [0, 0.1) is 6.92 Å². The maximum Gasteiger partial charge on any atom is 0.129 e. The summed E-state index contributed by atoms with van der Waals surface area (Å²) in [7, 11) is 2.23. The summed E-state index contributed by atoms with van der Waals surface area (Å²) in [5.74, 6) is 0.967. The number of aromatic nitrogens is 2. The van der Waals surface area contributed by atoms with Crippen LogP contribution in [0.2, 0.25) is 0 Å². The maximum atomic E-state index is 4.27. The molecule has 1 N–H and O–H groups in total. The quantitative estimate of drug-likeness (QED) is 0.888. The van der Waals surface area contributed by atoms with Gasteiger partial charge in [0.15, 0.2) is 0 Å². The molecule has 1 aliphatic rings. The normalized spacial score (nSPS) is 24.2. The van der Waals surface area contributed by atoms with Crippen LogP contribution in [-0.2, 0) is 0 Å². The Morgan fingerprint density at radius 2 is 2.00 bits per heavy atom. The average molecular weight is 248 g/mol. The zero-order valence-electron chi connectivity index (χ0n) is 11.7. The van der Waals surface area contributed by atoms with Crippen molar-refractivity contribution in [1.82, 2.24) is 14.9 Å². The number of aryl methyl sites for hydroxylation is 1. The molecule has 0 unspecified atom stereocenters. The Labute approximate surface area is 110 Å². The van der Waals surface area contributed by atoms with Gasteiger partial charge in [-0.2, -0.15) is 0 Å². The molecule has 0 spiro atoms. The summed E-state index contributed by atoms with van der Waals surface area (Å²) in [5.41, 5.74) is 1.02. The minimum atomic E-state index is 0.570. The Bertz CT molecular complexity index is 372. The minimum absolute atomic E-state index is 0.570. The molecule has 1 saturated carbocycles. The molecule has 0 amide bonds. The average Bonchev–Trinajstić information content (AvgIpc) is 2.39. The minimum Gasteiger partial charge on any atom is -0.367 e. The highest BCUT2D eigenvalue weighted by atomic mass is 15.1. The van der Waals surface area contributed by atoms with Crippen LogP contribution in [0.4, 0.5) is 5.82 Å². The SMILES string of the molecule is CCN(C)C1CCC(Nc2cc(C)ncn2)CC1. The number of nitrogens with zero attached hydrogens (tertiary/aromatic N) is 3. The zero-order chi connectivity index (χ0) is 13.0. The van der Waals surface area contributed by atoms with Gasteiger partial charge in [-0.15, -0.1) is 0 Å². The first-order valence-corrected chi connectivity index (χ1v) is 6.94. The molecule has 4 heteroatoms. The number of anilines is 1. The summed E-state index contributed by atoms with van der Waals surface area (Å²) in [5, 5.41) is 3.53. The number of hydrogen-bond donors (Lipinski definition) is 1. The van der Waals surface area contributed by atoms with Gasteiger partial charge in [0, 0.05) is 23.8 Å². The van der Waals surface area contributed by atoms with Gasteiger partial charge in [-0.3, -0.25) is 0 Å². The van der Waals surface area contributed by atoms with Crippen LogP contribution in [0.3, 0.4) is 0 Å². The first-order valence-electron chi connectivity index (χ1n) is 6.94. The third kappa shape index (κ3) is 3.42. The largest absolute Gasteiger partial charge is 0.367 e. The van der Waals surface area contributed by atoms with E-state index in [0.717, 1.165) is 24.1 Å². The van der Waals surface area contributed by atoms with E-state index in [9.17, 15) is 0 Å². The lowest BCUT2D eigenvalue weighted by Crippen LogP contribution is -2.38. The third-order valence-corrected chi connectivity index (χ3v) is 3.97. The molecule has 0 atom stereocenters. The van der Waals surface area contributed by atoms with Crippen molar-refractivity contribution in [3.63, 3.8) is 0 Å². The van der Waals surface area contributed by atoms with Crippen LogP contribution < -0.4 is 5.32 Å². The summed E-state index contributed by atoms with van der Waals surface area (Å²) in [4.78, 5) is 10.9. The van der Waals surface area contributed by atoms with Gasteiger partial charge >= 0.3 is 0 Å². The number of hydrogen-bond acceptors (Lipinski definition) is 4. The molecule has 0 bridgehead atoms. The lowest BCUT2D eigenvalue weighted by Gasteiger charge is -2.34. The smallest absolute Gasteiger partial charge is 0.129 e.